The molecule has 0 radical (unpaired) electrons. The first-order valence-corrected chi connectivity index (χ1v) is 28.1. The zero-order valence-electron chi connectivity index (χ0n) is 45.2. The van der Waals surface area contributed by atoms with E-state index < -0.39 is 5.41 Å². The molecule has 0 unspecified atom stereocenters. The highest BCUT2D eigenvalue weighted by molar-refractivity contribution is 6.23. The summed E-state index contributed by atoms with van der Waals surface area (Å²) in [6.45, 7) is 9.47. The van der Waals surface area contributed by atoms with Crippen molar-refractivity contribution in [2.75, 3.05) is 9.80 Å². The van der Waals surface area contributed by atoms with Crippen molar-refractivity contribution in [1.82, 2.24) is 0 Å². The monoisotopic (exact) mass is 1020 g/mol. The quantitative estimate of drug-likeness (QED) is 0.151. The van der Waals surface area contributed by atoms with Gasteiger partial charge in [-0.25, -0.2) is 0 Å². The molecule has 3 aliphatic rings. The number of rotatable bonds is 8. The Hall–Kier alpha value is -9.70. The maximum absolute atomic E-state index is 7.49. The molecule has 380 valence electrons. The van der Waals surface area contributed by atoms with E-state index in [1.807, 2.05) is 0 Å². The summed E-state index contributed by atoms with van der Waals surface area (Å²) < 4.78 is 7.49. The van der Waals surface area contributed by atoms with Crippen LogP contribution in [0.4, 0.5) is 34.1 Å². The number of hydrogen-bond donors (Lipinski definition) is 0. The molecule has 13 aromatic rings. The van der Waals surface area contributed by atoms with Crippen LogP contribution in [0.1, 0.15) is 72.2 Å². The van der Waals surface area contributed by atoms with Crippen molar-refractivity contribution in [1.29, 1.82) is 0 Å². The fourth-order valence-corrected chi connectivity index (χ4v) is 14.6. The maximum Gasteiger partial charge on any atom is 0.143 e. The third-order valence-electron chi connectivity index (χ3n) is 18.3. The molecule has 0 N–H and O–H groups in total. The van der Waals surface area contributed by atoms with E-state index in [0.29, 0.717) is 0 Å². The fourth-order valence-electron chi connectivity index (χ4n) is 14.6. The standard InChI is InChI=1S/C77H56N2O/c1-75(2)65-36-22-20-34-59(65)63-45-54(40-44-66(63)75)78(52-28-13-7-14-29-52)55-39-43-61-68(47-55)77(50-24-9-5-10-25-50,51-26-11-6-12-27-51)69-48-70-72(62-41-37-49-23-17-18-32-57(49)74(62)80-70)73(71(61)69)79(53-30-15-8-16-31-53)56-38-42-60-58-33-19-21-35-64(58)76(3,4)67(60)46-56/h5-48H,1-4H3. The molecule has 3 heteroatoms. The van der Waals surface area contributed by atoms with Gasteiger partial charge in [0.25, 0.3) is 0 Å². The third-order valence-corrected chi connectivity index (χ3v) is 18.3. The first-order valence-electron chi connectivity index (χ1n) is 28.1. The molecule has 0 atom stereocenters. The second kappa shape index (κ2) is 17.1. The van der Waals surface area contributed by atoms with Gasteiger partial charge in [-0.15, -0.1) is 0 Å². The number of benzene rings is 12. The summed E-state index contributed by atoms with van der Waals surface area (Å²) in [6, 6.07) is 99.4. The molecular formula is C77H56N2O. The average Bonchev–Trinajstić information content (AvgIpc) is 4.28. The normalized spacial score (nSPS) is 14.6. The highest BCUT2D eigenvalue weighted by Gasteiger charge is 2.49. The maximum atomic E-state index is 7.49. The summed E-state index contributed by atoms with van der Waals surface area (Å²) in [5.74, 6) is 0. The summed E-state index contributed by atoms with van der Waals surface area (Å²) in [5.41, 5.74) is 24.8. The Morgan fingerprint density at radius 1 is 0.312 bits per heavy atom. The first kappa shape index (κ1) is 46.4. The van der Waals surface area contributed by atoms with Gasteiger partial charge in [-0.3, -0.25) is 0 Å². The highest BCUT2D eigenvalue weighted by Crippen LogP contribution is 2.64. The number of nitrogens with zero attached hydrogens (tertiary/aromatic N) is 2. The van der Waals surface area contributed by atoms with Crippen LogP contribution in [0, 0.1) is 0 Å². The summed E-state index contributed by atoms with van der Waals surface area (Å²) in [4.78, 5) is 5.01. The molecule has 0 bridgehead atoms. The molecule has 0 aliphatic heterocycles. The molecule has 3 aliphatic carbocycles. The van der Waals surface area contributed by atoms with Gasteiger partial charge in [0, 0.05) is 55.6 Å². The molecule has 0 saturated carbocycles. The second-order valence-corrected chi connectivity index (χ2v) is 23.1. The highest BCUT2D eigenvalue weighted by atomic mass is 16.3. The molecule has 0 fully saturated rings. The molecule has 0 amide bonds. The van der Waals surface area contributed by atoms with E-state index in [2.05, 4.69) is 304 Å². The van der Waals surface area contributed by atoms with Gasteiger partial charge in [0.05, 0.1) is 16.5 Å². The molecule has 1 heterocycles. The molecule has 80 heavy (non-hydrogen) atoms. The Morgan fingerprint density at radius 3 is 1.48 bits per heavy atom. The van der Waals surface area contributed by atoms with Gasteiger partial charge >= 0.3 is 0 Å². The van der Waals surface area contributed by atoms with E-state index in [9.17, 15) is 0 Å². The predicted molar refractivity (Wildman–Crippen MR) is 333 cm³/mol. The summed E-state index contributed by atoms with van der Waals surface area (Å²) in [6.07, 6.45) is 0. The van der Waals surface area contributed by atoms with Gasteiger partial charge in [-0.2, -0.15) is 0 Å². The van der Waals surface area contributed by atoms with Crippen LogP contribution < -0.4 is 9.80 Å². The molecule has 1 aromatic heterocycles. The molecule has 0 saturated heterocycles. The minimum absolute atomic E-state index is 0.115. The Labute approximate surface area is 467 Å². The van der Waals surface area contributed by atoms with Crippen molar-refractivity contribution in [2.24, 2.45) is 0 Å². The van der Waals surface area contributed by atoms with Crippen molar-refractivity contribution < 1.29 is 4.42 Å². The lowest BCUT2D eigenvalue weighted by Gasteiger charge is -2.35. The Morgan fingerprint density at radius 2 is 0.800 bits per heavy atom. The van der Waals surface area contributed by atoms with Crippen LogP contribution in [-0.4, -0.2) is 0 Å². The van der Waals surface area contributed by atoms with E-state index in [1.54, 1.807) is 0 Å². The molecule has 12 aromatic carbocycles. The number of fused-ring (bicyclic) bond motifs is 14. The second-order valence-electron chi connectivity index (χ2n) is 23.1. The molecule has 16 rings (SSSR count). The SMILES string of the molecule is CC1(C)c2ccccc2-c2cc(N(c3ccccc3)c3ccc4c(c3)C(c3ccccc3)(c3ccccc3)c3cc5oc6c7ccccc7ccc6c5c(N(c5ccccc5)c5ccc6c(c5)C(C)(C)c5ccccc5-6)c3-4)ccc21. The lowest BCUT2D eigenvalue weighted by atomic mass is 9.67. The number of anilines is 6. The third kappa shape index (κ3) is 6.43. The van der Waals surface area contributed by atoms with Gasteiger partial charge in [0.2, 0.25) is 0 Å². The zero-order valence-corrected chi connectivity index (χ0v) is 45.2. The Kier molecular flexibility index (Phi) is 9.95. The van der Waals surface area contributed by atoms with Gasteiger partial charge < -0.3 is 14.2 Å². The number of hydrogen-bond acceptors (Lipinski definition) is 3. The topological polar surface area (TPSA) is 19.6 Å². The fraction of sp³-hybridized carbons (Fsp3) is 0.0909. The van der Waals surface area contributed by atoms with E-state index in [-0.39, 0.29) is 10.8 Å². The van der Waals surface area contributed by atoms with E-state index in [4.69, 9.17) is 4.42 Å². The van der Waals surface area contributed by atoms with E-state index in [0.717, 1.165) is 66.8 Å². The summed E-state index contributed by atoms with van der Waals surface area (Å²) in [5, 5.41) is 4.40. The largest absolute Gasteiger partial charge is 0.455 e. The lowest BCUT2D eigenvalue weighted by Crippen LogP contribution is -2.29. The van der Waals surface area contributed by atoms with Crippen molar-refractivity contribution in [3.8, 4) is 33.4 Å². The zero-order chi connectivity index (χ0) is 53.5. The Balaban J connectivity index is 1.04. The van der Waals surface area contributed by atoms with Crippen LogP contribution in [0.25, 0.3) is 66.1 Å². The van der Waals surface area contributed by atoms with Crippen LogP contribution in [0.2, 0.25) is 0 Å². The molecule has 0 spiro atoms. The number of furan rings is 1. The van der Waals surface area contributed by atoms with Gasteiger partial charge in [0.1, 0.15) is 11.2 Å². The van der Waals surface area contributed by atoms with Crippen LogP contribution in [0.15, 0.2) is 271 Å². The minimum atomic E-state index is -0.805. The van der Waals surface area contributed by atoms with E-state index >= 15 is 0 Å². The summed E-state index contributed by atoms with van der Waals surface area (Å²) in [7, 11) is 0. The van der Waals surface area contributed by atoms with Crippen LogP contribution >= 0.6 is 0 Å². The smallest absolute Gasteiger partial charge is 0.143 e. The van der Waals surface area contributed by atoms with Gasteiger partial charge in [0.15, 0.2) is 0 Å². The lowest BCUT2D eigenvalue weighted by molar-refractivity contribution is 0.660. The van der Waals surface area contributed by atoms with Crippen LogP contribution in [0.5, 0.6) is 0 Å². The Bertz CT molecular complexity index is 4610. The molecular weight excluding hydrogens is 969 g/mol. The van der Waals surface area contributed by atoms with Crippen molar-refractivity contribution >= 4 is 66.8 Å². The molecule has 3 nitrogen and oxygen atoms in total. The average molecular weight is 1030 g/mol. The summed E-state index contributed by atoms with van der Waals surface area (Å²) >= 11 is 0. The van der Waals surface area contributed by atoms with Crippen molar-refractivity contribution in [3.05, 3.63) is 311 Å². The van der Waals surface area contributed by atoms with Crippen LogP contribution in [0.3, 0.4) is 0 Å². The minimum Gasteiger partial charge on any atom is -0.455 e. The van der Waals surface area contributed by atoms with E-state index in [1.165, 1.54) is 77.9 Å². The van der Waals surface area contributed by atoms with Gasteiger partial charge in [-0.1, -0.05) is 222 Å². The van der Waals surface area contributed by atoms with Crippen molar-refractivity contribution in [2.45, 2.75) is 43.9 Å². The van der Waals surface area contributed by atoms with Gasteiger partial charge in [-0.05, 0) is 151 Å². The predicted octanol–water partition coefficient (Wildman–Crippen LogP) is 20.7. The first-order chi connectivity index (χ1) is 39.2. The van der Waals surface area contributed by atoms with Crippen molar-refractivity contribution in [3.63, 3.8) is 0 Å². The van der Waals surface area contributed by atoms with Crippen LogP contribution in [-0.2, 0) is 16.2 Å². The number of para-hydroxylation sites is 2.